The van der Waals surface area contributed by atoms with E-state index in [-0.39, 0.29) is 23.7 Å². The minimum absolute atomic E-state index is 0.0850. The number of imide groups is 1. The van der Waals surface area contributed by atoms with E-state index in [1.165, 1.54) is 17.0 Å². The largest absolute Gasteiger partial charge is 0.329 e. The molecular weight excluding hydrogens is 309 g/mol. The average Bonchev–Trinajstić information content (AvgIpc) is 2.78. The molecule has 24 heavy (non-hydrogen) atoms. The van der Waals surface area contributed by atoms with Gasteiger partial charge in [0.1, 0.15) is 17.9 Å². The minimum Gasteiger partial charge on any atom is -0.323 e. The Labute approximate surface area is 141 Å². The van der Waals surface area contributed by atoms with Crippen LogP contribution < -0.4 is 10.2 Å². The lowest BCUT2D eigenvalue weighted by Crippen LogP contribution is -3.09. The quantitative estimate of drug-likeness (QED) is 0.816. The molecule has 1 heterocycles. The van der Waals surface area contributed by atoms with Gasteiger partial charge >= 0.3 is 6.03 Å². The maximum Gasteiger partial charge on any atom is 0.329 e. The summed E-state index contributed by atoms with van der Waals surface area (Å²) in [6.45, 7) is 2.99. The maximum absolute atomic E-state index is 13.0. The predicted octanol–water partition coefficient (Wildman–Crippen LogP) is 1.30. The van der Waals surface area contributed by atoms with Gasteiger partial charge in [0.15, 0.2) is 6.67 Å². The zero-order valence-corrected chi connectivity index (χ0v) is 14.3. The lowest BCUT2D eigenvalue weighted by Gasteiger charge is -2.36. The topological polar surface area (TPSA) is 53.9 Å². The minimum atomic E-state index is -0.703. The summed E-state index contributed by atoms with van der Waals surface area (Å²) in [6.07, 6.45) is 3.79. The van der Waals surface area contributed by atoms with Crippen molar-refractivity contribution in [2.75, 3.05) is 13.7 Å². The van der Waals surface area contributed by atoms with Crippen molar-refractivity contribution in [3.8, 4) is 0 Å². The smallest absolute Gasteiger partial charge is 0.323 e. The number of benzene rings is 1. The Kier molecular flexibility index (Phi) is 4.58. The first-order valence-corrected chi connectivity index (χ1v) is 8.62. The number of nitrogens with zero attached hydrogens (tertiary/aromatic N) is 1. The van der Waals surface area contributed by atoms with E-state index in [9.17, 15) is 14.0 Å². The van der Waals surface area contributed by atoms with Gasteiger partial charge in [-0.05, 0) is 30.9 Å². The number of hydrogen-bond donors (Lipinski definition) is 2. The molecule has 1 aliphatic heterocycles. The molecule has 1 aromatic rings. The number of hydrogen-bond acceptors (Lipinski definition) is 2. The molecule has 0 aromatic heterocycles. The van der Waals surface area contributed by atoms with Gasteiger partial charge in [0.25, 0.3) is 5.91 Å². The van der Waals surface area contributed by atoms with Crippen molar-refractivity contribution in [3.05, 3.63) is 35.6 Å². The van der Waals surface area contributed by atoms with Crippen LogP contribution in [0.4, 0.5) is 9.18 Å². The molecule has 2 N–H and O–H groups in total. The summed E-state index contributed by atoms with van der Waals surface area (Å²) in [6, 6.07) is 6.03. The zero-order chi connectivity index (χ0) is 17.3. The fourth-order valence-corrected chi connectivity index (χ4v) is 3.92. The van der Waals surface area contributed by atoms with Crippen LogP contribution in [0.1, 0.15) is 38.2 Å². The molecule has 6 heteroatoms. The Balaban J connectivity index is 1.67. The van der Waals surface area contributed by atoms with E-state index in [1.54, 1.807) is 12.1 Å². The van der Waals surface area contributed by atoms with E-state index in [0.717, 1.165) is 36.1 Å². The van der Waals surface area contributed by atoms with Crippen molar-refractivity contribution < 1.29 is 18.9 Å². The zero-order valence-electron chi connectivity index (χ0n) is 14.3. The molecule has 1 saturated carbocycles. The fourth-order valence-electron chi connectivity index (χ4n) is 3.92. The fraction of sp³-hybridized carbons (Fsp3) is 0.556. The summed E-state index contributed by atoms with van der Waals surface area (Å²) in [5.41, 5.74) is 0.271. The molecule has 130 valence electrons. The third-order valence-electron chi connectivity index (χ3n) is 5.35. The molecule has 3 rings (SSSR count). The number of amides is 3. The lowest BCUT2D eigenvalue weighted by atomic mass is 9.73. The van der Waals surface area contributed by atoms with E-state index in [2.05, 4.69) is 12.2 Å². The first-order valence-electron chi connectivity index (χ1n) is 8.62. The van der Waals surface area contributed by atoms with E-state index in [4.69, 9.17) is 0 Å². The standard InChI is InChI=1S/C18H24FN3O2/c1-13-5-3-4-10-18(13)16(23)22(17(24)20-18)12-21(2)11-14-6-8-15(19)9-7-14/h6-9,13H,3-5,10-12H2,1-2H3,(H,20,24)/p+1/t13-,18-/m0/s1. The molecule has 0 bridgehead atoms. The highest BCUT2D eigenvalue weighted by Crippen LogP contribution is 2.37. The third kappa shape index (κ3) is 3.02. The molecule has 1 aliphatic carbocycles. The number of halogens is 1. The SMILES string of the molecule is C[C@H]1CCCC[C@]12NC(=O)N(C[NH+](C)Cc1ccc(F)cc1)C2=O. The molecule has 1 aromatic carbocycles. The monoisotopic (exact) mass is 334 g/mol. The van der Waals surface area contributed by atoms with Crippen molar-refractivity contribution in [3.63, 3.8) is 0 Å². The van der Waals surface area contributed by atoms with Crippen molar-refractivity contribution >= 4 is 11.9 Å². The normalized spacial score (nSPS) is 28.3. The van der Waals surface area contributed by atoms with Gasteiger partial charge in [0.2, 0.25) is 0 Å². The van der Waals surface area contributed by atoms with Crippen LogP contribution in [0, 0.1) is 11.7 Å². The van der Waals surface area contributed by atoms with Gasteiger partial charge in [-0.25, -0.2) is 14.1 Å². The number of carbonyl (C=O) groups is 2. The Hall–Kier alpha value is -1.95. The van der Waals surface area contributed by atoms with Crippen LogP contribution in [-0.4, -0.2) is 36.1 Å². The summed E-state index contributed by atoms with van der Waals surface area (Å²) in [4.78, 5) is 27.6. The molecule has 0 radical (unpaired) electrons. The Morgan fingerprint density at radius 2 is 2.00 bits per heavy atom. The van der Waals surface area contributed by atoms with Gasteiger partial charge in [0.05, 0.1) is 7.05 Å². The van der Waals surface area contributed by atoms with E-state index < -0.39 is 5.54 Å². The second kappa shape index (κ2) is 6.51. The number of quaternary nitrogens is 1. The van der Waals surface area contributed by atoms with Gasteiger partial charge in [-0.3, -0.25) is 4.79 Å². The van der Waals surface area contributed by atoms with Gasteiger partial charge in [-0.15, -0.1) is 0 Å². The van der Waals surface area contributed by atoms with Crippen molar-refractivity contribution in [1.29, 1.82) is 0 Å². The second-order valence-electron chi connectivity index (χ2n) is 7.20. The number of urea groups is 1. The lowest BCUT2D eigenvalue weighted by molar-refractivity contribution is -0.901. The first kappa shape index (κ1) is 16.9. The van der Waals surface area contributed by atoms with E-state index in [0.29, 0.717) is 13.2 Å². The summed E-state index contributed by atoms with van der Waals surface area (Å²) < 4.78 is 13.0. The summed E-state index contributed by atoms with van der Waals surface area (Å²) in [7, 11) is 1.93. The molecule has 1 unspecified atom stereocenters. The maximum atomic E-state index is 13.0. The highest BCUT2D eigenvalue weighted by atomic mass is 19.1. The molecule has 2 aliphatic rings. The van der Waals surface area contributed by atoms with Gasteiger partial charge in [-0.1, -0.05) is 31.9 Å². The molecule has 5 nitrogen and oxygen atoms in total. The van der Waals surface area contributed by atoms with Crippen LogP contribution in [-0.2, 0) is 11.3 Å². The van der Waals surface area contributed by atoms with E-state index in [1.807, 2.05) is 7.05 Å². The van der Waals surface area contributed by atoms with Crippen molar-refractivity contribution in [2.45, 2.75) is 44.7 Å². The predicted molar refractivity (Wildman–Crippen MR) is 87.6 cm³/mol. The summed E-state index contributed by atoms with van der Waals surface area (Å²) >= 11 is 0. The number of rotatable bonds is 4. The van der Waals surface area contributed by atoms with Crippen LogP contribution in [0.5, 0.6) is 0 Å². The Bertz CT molecular complexity index is 634. The number of nitrogens with one attached hydrogen (secondary N) is 2. The second-order valence-corrected chi connectivity index (χ2v) is 7.20. The van der Waals surface area contributed by atoms with Crippen LogP contribution in [0.15, 0.2) is 24.3 Å². The van der Waals surface area contributed by atoms with Crippen molar-refractivity contribution in [1.82, 2.24) is 10.2 Å². The molecule has 1 saturated heterocycles. The van der Waals surface area contributed by atoms with Crippen LogP contribution in [0.25, 0.3) is 0 Å². The first-order chi connectivity index (χ1) is 11.4. The van der Waals surface area contributed by atoms with Crippen molar-refractivity contribution in [2.24, 2.45) is 5.92 Å². The van der Waals surface area contributed by atoms with E-state index >= 15 is 0 Å². The summed E-state index contributed by atoms with van der Waals surface area (Å²) in [5.74, 6) is -0.179. The molecule has 3 amide bonds. The van der Waals surface area contributed by atoms with Gasteiger partial charge in [0, 0.05) is 5.56 Å². The van der Waals surface area contributed by atoms with Crippen LogP contribution >= 0.6 is 0 Å². The average molecular weight is 334 g/mol. The summed E-state index contributed by atoms with van der Waals surface area (Å²) in [5, 5.41) is 2.97. The Morgan fingerprint density at radius 3 is 2.67 bits per heavy atom. The highest BCUT2D eigenvalue weighted by molar-refractivity contribution is 6.07. The van der Waals surface area contributed by atoms with Gasteiger partial charge < -0.3 is 10.2 Å². The molecular formula is C18H25FN3O2+. The Morgan fingerprint density at radius 1 is 1.29 bits per heavy atom. The van der Waals surface area contributed by atoms with Crippen LogP contribution in [0.2, 0.25) is 0 Å². The molecule has 3 atom stereocenters. The number of carbonyl (C=O) groups excluding carboxylic acids is 2. The van der Waals surface area contributed by atoms with Gasteiger partial charge in [-0.2, -0.15) is 0 Å². The molecule has 1 spiro atoms. The molecule has 2 fully saturated rings. The van der Waals surface area contributed by atoms with Crippen LogP contribution in [0.3, 0.4) is 0 Å². The highest BCUT2D eigenvalue weighted by Gasteiger charge is 2.55. The third-order valence-corrected chi connectivity index (χ3v) is 5.35.